The van der Waals surface area contributed by atoms with E-state index in [-0.39, 0.29) is 5.78 Å². The van der Waals surface area contributed by atoms with Crippen LogP contribution in [0.15, 0.2) is 36.4 Å². The van der Waals surface area contributed by atoms with Crippen LogP contribution in [-0.2, 0) is 6.42 Å². The van der Waals surface area contributed by atoms with Gasteiger partial charge >= 0.3 is 0 Å². The van der Waals surface area contributed by atoms with Crippen LogP contribution in [0, 0.1) is 0 Å². The van der Waals surface area contributed by atoms with Crippen molar-refractivity contribution in [3.63, 3.8) is 0 Å². The van der Waals surface area contributed by atoms with E-state index in [0.29, 0.717) is 6.42 Å². The lowest BCUT2D eigenvalue weighted by molar-refractivity contribution is 0.0988. The summed E-state index contributed by atoms with van der Waals surface area (Å²) in [5.74, 6) is 0.223. The molecule has 0 aliphatic carbocycles. The van der Waals surface area contributed by atoms with Gasteiger partial charge in [-0.2, -0.15) is 0 Å². The van der Waals surface area contributed by atoms with Gasteiger partial charge in [0.05, 0.1) is 0 Å². The van der Waals surface area contributed by atoms with E-state index in [1.54, 1.807) is 0 Å². The standard InChI is InChI=1S/C15H16O/c1-3-11-9-13(15(16)4-2)10-12-7-5-6-8-14(11)12/h5-10H,3-4H2,1-2H3. The highest BCUT2D eigenvalue weighted by atomic mass is 16.1. The fraction of sp³-hybridized carbons (Fsp3) is 0.267. The van der Waals surface area contributed by atoms with E-state index in [1.165, 1.54) is 16.3 Å². The van der Waals surface area contributed by atoms with Crippen molar-refractivity contribution in [2.24, 2.45) is 0 Å². The Hall–Kier alpha value is -1.63. The van der Waals surface area contributed by atoms with E-state index in [0.717, 1.165) is 12.0 Å². The highest BCUT2D eigenvalue weighted by Gasteiger charge is 2.07. The van der Waals surface area contributed by atoms with Gasteiger partial charge in [0.2, 0.25) is 0 Å². The molecule has 2 aromatic carbocycles. The molecule has 1 nitrogen and oxygen atoms in total. The second-order valence-electron chi connectivity index (χ2n) is 3.99. The third-order valence-electron chi connectivity index (χ3n) is 2.97. The van der Waals surface area contributed by atoms with E-state index < -0.39 is 0 Å². The number of carbonyl (C=O) groups excluding carboxylic acids is 1. The van der Waals surface area contributed by atoms with Crippen molar-refractivity contribution in [1.82, 2.24) is 0 Å². The van der Waals surface area contributed by atoms with E-state index in [2.05, 4.69) is 19.1 Å². The van der Waals surface area contributed by atoms with Gasteiger partial charge in [0.15, 0.2) is 5.78 Å². The van der Waals surface area contributed by atoms with Crippen LogP contribution >= 0.6 is 0 Å². The topological polar surface area (TPSA) is 17.1 Å². The molecule has 0 unspecified atom stereocenters. The molecule has 16 heavy (non-hydrogen) atoms. The minimum atomic E-state index is 0.223. The predicted octanol–water partition coefficient (Wildman–Crippen LogP) is 3.99. The Morgan fingerprint density at radius 3 is 2.56 bits per heavy atom. The molecule has 0 heterocycles. The Labute approximate surface area is 96.1 Å². The highest BCUT2D eigenvalue weighted by Crippen LogP contribution is 2.22. The Morgan fingerprint density at radius 2 is 1.88 bits per heavy atom. The number of hydrogen-bond donors (Lipinski definition) is 0. The molecule has 82 valence electrons. The summed E-state index contributed by atoms with van der Waals surface area (Å²) in [6, 6.07) is 12.3. The molecule has 0 N–H and O–H groups in total. The maximum Gasteiger partial charge on any atom is 0.162 e. The number of aryl methyl sites for hydroxylation is 1. The van der Waals surface area contributed by atoms with Gasteiger partial charge in [-0.3, -0.25) is 4.79 Å². The Bertz CT molecular complexity index is 526. The molecule has 0 spiro atoms. The number of Topliss-reactive ketones (excluding diaryl/α,β-unsaturated/α-hetero) is 1. The van der Waals surface area contributed by atoms with Crippen molar-refractivity contribution < 1.29 is 4.79 Å². The lowest BCUT2D eigenvalue weighted by Crippen LogP contribution is -1.98. The Morgan fingerprint density at radius 1 is 1.12 bits per heavy atom. The lowest BCUT2D eigenvalue weighted by atomic mass is 9.97. The van der Waals surface area contributed by atoms with Gasteiger partial charge in [0, 0.05) is 12.0 Å². The Balaban J connectivity index is 2.68. The van der Waals surface area contributed by atoms with E-state index >= 15 is 0 Å². The first-order valence-electron chi connectivity index (χ1n) is 5.81. The fourth-order valence-corrected chi connectivity index (χ4v) is 2.05. The smallest absolute Gasteiger partial charge is 0.162 e. The molecular weight excluding hydrogens is 196 g/mol. The zero-order valence-corrected chi connectivity index (χ0v) is 9.79. The summed E-state index contributed by atoms with van der Waals surface area (Å²) >= 11 is 0. The van der Waals surface area contributed by atoms with Crippen LogP contribution in [0.25, 0.3) is 10.8 Å². The van der Waals surface area contributed by atoms with Gasteiger partial charge in [0.1, 0.15) is 0 Å². The minimum absolute atomic E-state index is 0.223. The van der Waals surface area contributed by atoms with Crippen LogP contribution < -0.4 is 0 Å². The average Bonchev–Trinajstić information content (AvgIpc) is 2.36. The molecule has 0 aliphatic rings. The number of rotatable bonds is 3. The lowest BCUT2D eigenvalue weighted by Gasteiger charge is -2.07. The van der Waals surface area contributed by atoms with Crippen LogP contribution in [0.4, 0.5) is 0 Å². The highest BCUT2D eigenvalue weighted by molar-refractivity contribution is 6.00. The van der Waals surface area contributed by atoms with Crippen molar-refractivity contribution in [2.45, 2.75) is 26.7 Å². The molecule has 0 saturated heterocycles. The molecule has 0 aliphatic heterocycles. The van der Waals surface area contributed by atoms with Gasteiger partial charge in [-0.05, 0) is 34.9 Å². The van der Waals surface area contributed by atoms with Crippen molar-refractivity contribution in [3.05, 3.63) is 47.5 Å². The zero-order valence-electron chi connectivity index (χ0n) is 9.79. The van der Waals surface area contributed by atoms with Crippen LogP contribution in [0.3, 0.4) is 0 Å². The largest absolute Gasteiger partial charge is 0.294 e. The van der Waals surface area contributed by atoms with E-state index in [1.807, 2.05) is 31.2 Å². The number of ketones is 1. The summed E-state index contributed by atoms with van der Waals surface area (Å²) in [5.41, 5.74) is 2.10. The first kappa shape index (κ1) is 10.9. The number of benzene rings is 2. The number of carbonyl (C=O) groups is 1. The molecule has 0 aromatic heterocycles. The second-order valence-corrected chi connectivity index (χ2v) is 3.99. The molecule has 0 saturated carbocycles. The van der Waals surface area contributed by atoms with E-state index in [9.17, 15) is 4.79 Å². The molecule has 0 atom stereocenters. The summed E-state index contributed by atoms with van der Waals surface area (Å²) in [5, 5.41) is 2.43. The minimum Gasteiger partial charge on any atom is -0.294 e. The van der Waals surface area contributed by atoms with Crippen LogP contribution in [0.1, 0.15) is 36.2 Å². The molecule has 0 radical (unpaired) electrons. The number of fused-ring (bicyclic) bond motifs is 1. The third-order valence-corrected chi connectivity index (χ3v) is 2.97. The van der Waals surface area contributed by atoms with Crippen LogP contribution in [0.5, 0.6) is 0 Å². The summed E-state index contributed by atoms with van der Waals surface area (Å²) in [6.07, 6.45) is 1.53. The molecule has 2 rings (SSSR count). The van der Waals surface area contributed by atoms with Gasteiger partial charge in [-0.25, -0.2) is 0 Å². The van der Waals surface area contributed by atoms with Gasteiger partial charge in [-0.15, -0.1) is 0 Å². The van der Waals surface area contributed by atoms with Crippen molar-refractivity contribution in [1.29, 1.82) is 0 Å². The number of hydrogen-bond acceptors (Lipinski definition) is 1. The van der Waals surface area contributed by atoms with Gasteiger partial charge in [0.25, 0.3) is 0 Å². The molecule has 0 fully saturated rings. The average molecular weight is 212 g/mol. The van der Waals surface area contributed by atoms with Crippen molar-refractivity contribution >= 4 is 16.6 Å². The van der Waals surface area contributed by atoms with E-state index in [4.69, 9.17) is 0 Å². The third kappa shape index (κ3) is 1.85. The zero-order chi connectivity index (χ0) is 11.5. The molecule has 0 amide bonds. The van der Waals surface area contributed by atoms with Crippen molar-refractivity contribution in [2.75, 3.05) is 0 Å². The molecule has 2 aromatic rings. The second kappa shape index (κ2) is 4.48. The first-order valence-corrected chi connectivity index (χ1v) is 5.81. The summed E-state index contributed by atoms with van der Waals surface area (Å²) in [7, 11) is 0. The summed E-state index contributed by atoms with van der Waals surface area (Å²) in [6.45, 7) is 4.03. The van der Waals surface area contributed by atoms with Gasteiger partial charge in [-0.1, -0.05) is 38.1 Å². The quantitative estimate of drug-likeness (QED) is 0.703. The maximum atomic E-state index is 11.7. The summed E-state index contributed by atoms with van der Waals surface area (Å²) < 4.78 is 0. The summed E-state index contributed by atoms with van der Waals surface area (Å²) in [4.78, 5) is 11.7. The monoisotopic (exact) mass is 212 g/mol. The first-order chi connectivity index (χ1) is 7.76. The molecule has 1 heteroatoms. The SMILES string of the molecule is CCC(=O)c1cc(CC)c2ccccc2c1. The normalized spacial score (nSPS) is 10.6. The Kier molecular flexibility index (Phi) is 3.04. The fourth-order valence-electron chi connectivity index (χ4n) is 2.05. The van der Waals surface area contributed by atoms with Crippen LogP contribution in [0.2, 0.25) is 0 Å². The van der Waals surface area contributed by atoms with Crippen molar-refractivity contribution in [3.8, 4) is 0 Å². The molecule has 0 bridgehead atoms. The molecular formula is C15H16O. The predicted molar refractivity (Wildman–Crippen MR) is 67.9 cm³/mol. The van der Waals surface area contributed by atoms with Gasteiger partial charge < -0.3 is 0 Å². The maximum absolute atomic E-state index is 11.7. The van der Waals surface area contributed by atoms with Crippen LogP contribution in [-0.4, -0.2) is 5.78 Å².